The number of hydrogen-bond acceptors (Lipinski definition) is 8. The van der Waals surface area contributed by atoms with Gasteiger partial charge >= 0.3 is 12.0 Å². The summed E-state index contributed by atoms with van der Waals surface area (Å²) in [5.41, 5.74) is 0.0670. The number of azo groups is 1. The van der Waals surface area contributed by atoms with E-state index in [4.69, 9.17) is 4.74 Å². The van der Waals surface area contributed by atoms with Crippen LogP contribution in [-0.2, 0) is 32.9 Å². The molecule has 2 aromatic rings. The van der Waals surface area contributed by atoms with E-state index in [0.29, 0.717) is 31.1 Å². The first-order valence-electron chi connectivity index (χ1n) is 9.51. The maximum atomic E-state index is 12.9. The molecule has 0 saturated heterocycles. The average Bonchev–Trinajstić information content (AvgIpc) is 3.03. The smallest absolute Gasteiger partial charge is 0.421 e. The van der Waals surface area contributed by atoms with Crippen LogP contribution in [0.2, 0.25) is 0 Å². The summed E-state index contributed by atoms with van der Waals surface area (Å²) in [7, 11) is -1.73. The number of nitrogens with one attached hydrogen (secondary N) is 1. The van der Waals surface area contributed by atoms with Gasteiger partial charge in [0, 0.05) is 11.7 Å². The van der Waals surface area contributed by atoms with E-state index in [9.17, 15) is 22.2 Å². The molecular formula is C19H28FN5O6S. The lowest BCUT2D eigenvalue weighted by atomic mass is 10.2. The second kappa shape index (κ2) is 12.2. The molecule has 0 spiro atoms. The molecule has 0 aliphatic heterocycles. The van der Waals surface area contributed by atoms with Gasteiger partial charge in [-0.2, -0.15) is 0 Å². The van der Waals surface area contributed by atoms with E-state index < -0.39 is 22.1 Å². The lowest BCUT2D eigenvalue weighted by Crippen LogP contribution is -2.33. The molecule has 11 nitrogen and oxygen atoms in total. The third-order valence-corrected chi connectivity index (χ3v) is 3.98. The zero-order valence-corrected chi connectivity index (χ0v) is 19.4. The number of imidazole rings is 1. The number of rotatable bonds is 7. The minimum Gasteiger partial charge on any atom is -0.726 e. The predicted molar refractivity (Wildman–Crippen MR) is 112 cm³/mol. The second-order valence-corrected chi connectivity index (χ2v) is 8.59. The summed E-state index contributed by atoms with van der Waals surface area (Å²) in [6.07, 6.45) is 4.06. The minimum atomic E-state index is -4.41. The van der Waals surface area contributed by atoms with Gasteiger partial charge in [0.25, 0.3) is 0 Å². The monoisotopic (exact) mass is 473 g/mol. The summed E-state index contributed by atoms with van der Waals surface area (Å²) in [6, 6.07) is 5.82. The van der Waals surface area contributed by atoms with Crippen LogP contribution in [-0.4, -0.2) is 42.9 Å². The van der Waals surface area contributed by atoms with Crippen molar-refractivity contribution in [1.29, 1.82) is 0 Å². The minimum absolute atomic E-state index is 0.310. The Morgan fingerprint density at radius 1 is 1.25 bits per heavy atom. The average molecular weight is 474 g/mol. The fourth-order valence-electron chi connectivity index (χ4n) is 2.18. The maximum Gasteiger partial charge on any atom is 0.421 e. The van der Waals surface area contributed by atoms with Crippen LogP contribution in [0.4, 0.5) is 20.8 Å². The number of carbonyl (C=O) groups excluding carboxylic acids is 1. The molecule has 178 valence electrons. The lowest BCUT2D eigenvalue weighted by molar-refractivity contribution is -0.657. The highest BCUT2D eigenvalue weighted by Gasteiger charge is 2.17. The molecule has 32 heavy (non-hydrogen) atoms. The topological polar surface area (TPSA) is 138 Å². The molecule has 1 aromatic heterocycles. The van der Waals surface area contributed by atoms with Gasteiger partial charge in [-0.3, -0.25) is 4.18 Å². The van der Waals surface area contributed by atoms with E-state index in [2.05, 4.69) is 19.7 Å². The van der Waals surface area contributed by atoms with Crippen molar-refractivity contribution in [2.75, 3.05) is 13.7 Å². The number of hydrogen-bond donors (Lipinski definition) is 1. The van der Waals surface area contributed by atoms with Crippen molar-refractivity contribution in [2.24, 2.45) is 17.3 Å². The van der Waals surface area contributed by atoms with Crippen LogP contribution in [0.3, 0.4) is 0 Å². The molecule has 0 radical (unpaired) electrons. The highest BCUT2D eigenvalue weighted by molar-refractivity contribution is 7.80. The first-order chi connectivity index (χ1) is 14.8. The molecule has 0 bridgehead atoms. The Bertz CT molecular complexity index is 1000. The van der Waals surface area contributed by atoms with Crippen LogP contribution < -0.4 is 9.88 Å². The number of ether oxygens (including phenoxy) is 1. The zero-order chi connectivity index (χ0) is 24.4. The first-order valence-corrected chi connectivity index (χ1v) is 10.8. The SMILES string of the molecule is COS(=O)(=O)[O-].C[n+]1ccn(CCCNC(=O)OC(C)(C)C)c1N=Nc1ccc(F)cc1. The Morgan fingerprint density at radius 2 is 1.84 bits per heavy atom. The molecule has 1 amide bonds. The number of alkyl carbamates (subject to hydrolysis) is 1. The molecule has 1 heterocycles. The Labute approximate surface area is 186 Å². The third kappa shape index (κ3) is 11.5. The van der Waals surface area contributed by atoms with Crippen molar-refractivity contribution >= 4 is 28.1 Å². The first kappa shape index (κ1) is 27.1. The number of nitrogens with zero attached hydrogens (tertiary/aromatic N) is 4. The van der Waals surface area contributed by atoms with Gasteiger partial charge in [0.05, 0.1) is 33.1 Å². The Balaban J connectivity index is 0.000000751. The largest absolute Gasteiger partial charge is 0.726 e. The van der Waals surface area contributed by atoms with Crippen molar-refractivity contribution in [3.63, 3.8) is 0 Å². The van der Waals surface area contributed by atoms with Crippen LogP contribution in [0.15, 0.2) is 46.9 Å². The molecule has 0 aliphatic carbocycles. The molecule has 0 atom stereocenters. The van der Waals surface area contributed by atoms with Crippen molar-refractivity contribution in [2.45, 2.75) is 39.3 Å². The number of amides is 1. The van der Waals surface area contributed by atoms with E-state index >= 15 is 0 Å². The van der Waals surface area contributed by atoms with Crippen LogP contribution >= 0.6 is 0 Å². The fourth-order valence-corrected chi connectivity index (χ4v) is 2.18. The second-order valence-electron chi connectivity index (χ2n) is 7.44. The molecule has 0 unspecified atom stereocenters. The summed E-state index contributed by atoms with van der Waals surface area (Å²) >= 11 is 0. The third-order valence-electron chi connectivity index (χ3n) is 3.57. The summed E-state index contributed by atoms with van der Waals surface area (Å²) in [5, 5.41) is 11.1. The zero-order valence-electron chi connectivity index (χ0n) is 18.6. The van der Waals surface area contributed by atoms with Gasteiger partial charge in [-0.15, -0.1) is 0 Å². The van der Waals surface area contributed by atoms with Crippen molar-refractivity contribution in [3.05, 3.63) is 42.5 Å². The predicted octanol–water partition coefficient (Wildman–Crippen LogP) is 2.87. The van der Waals surface area contributed by atoms with Gasteiger partial charge in [-0.25, -0.2) is 26.7 Å². The van der Waals surface area contributed by atoms with Gasteiger partial charge in [-0.1, -0.05) is 5.11 Å². The number of halogens is 1. The summed E-state index contributed by atoms with van der Waals surface area (Å²) in [4.78, 5) is 11.6. The number of aryl methyl sites for hydroxylation is 2. The summed E-state index contributed by atoms with van der Waals surface area (Å²) < 4.78 is 52.9. The molecule has 13 heteroatoms. The van der Waals surface area contributed by atoms with Crippen molar-refractivity contribution in [1.82, 2.24) is 9.88 Å². The van der Waals surface area contributed by atoms with E-state index in [-0.39, 0.29) is 5.82 Å². The quantitative estimate of drug-likeness (QED) is 0.216. The highest BCUT2D eigenvalue weighted by Crippen LogP contribution is 2.16. The van der Waals surface area contributed by atoms with Gasteiger partial charge in [0.1, 0.15) is 17.1 Å². The number of aromatic nitrogens is 2. The van der Waals surface area contributed by atoms with Gasteiger partial charge in [0.15, 0.2) is 0 Å². The standard InChI is InChI=1S/C18H24FN5O2.CH4O4S/c1-18(2,3)26-17(25)20-10-5-11-24-13-12-23(4)16(24)22-21-15-8-6-14(19)7-9-15;1-5-6(2,3)4/h6-9,12-13H,5,10-11H2,1-4H3;1H3,(H,2,3,4). The van der Waals surface area contributed by atoms with Crippen molar-refractivity contribution in [3.8, 4) is 0 Å². The summed E-state index contributed by atoms with van der Waals surface area (Å²) in [5.74, 6) is 0.349. The molecule has 2 rings (SSSR count). The van der Waals surface area contributed by atoms with Crippen LogP contribution in [0.5, 0.6) is 0 Å². The molecule has 0 fully saturated rings. The molecule has 0 aliphatic rings. The maximum absolute atomic E-state index is 12.9. The molecule has 0 saturated carbocycles. The van der Waals surface area contributed by atoms with Gasteiger partial charge < -0.3 is 14.6 Å². The van der Waals surface area contributed by atoms with E-state index in [0.717, 1.165) is 7.11 Å². The van der Waals surface area contributed by atoms with Crippen LogP contribution in [0, 0.1) is 5.82 Å². The molecular weight excluding hydrogens is 445 g/mol. The molecule has 1 N–H and O–H groups in total. The number of benzene rings is 1. The Hall–Kier alpha value is -2.90. The van der Waals surface area contributed by atoms with E-state index in [1.54, 1.807) is 12.1 Å². The highest BCUT2D eigenvalue weighted by atomic mass is 32.3. The van der Waals surface area contributed by atoms with Crippen molar-refractivity contribution < 1.29 is 35.6 Å². The number of carbonyl (C=O) groups is 1. The van der Waals surface area contributed by atoms with Gasteiger partial charge in [-0.05, 0) is 51.5 Å². The normalized spacial score (nSPS) is 11.7. The Kier molecular flexibility index (Phi) is 10.4. The lowest BCUT2D eigenvalue weighted by Gasteiger charge is -2.19. The fraction of sp³-hybridized carbons (Fsp3) is 0.474. The summed E-state index contributed by atoms with van der Waals surface area (Å²) in [6.45, 7) is 6.63. The van der Waals surface area contributed by atoms with E-state index in [1.807, 2.05) is 49.3 Å². The van der Waals surface area contributed by atoms with Crippen LogP contribution in [0.1, 0.15) is 27.2 Å². The van der Waals surface area contributed by atoms with Gasteiger partial charge in [0.2, 0.25) is 10.4 Å². The Morgan fingerprint density at radius 3 is 2.38 bits per heavy atom. The molecule has 1 aromatic carbocycles. The van der Waals surface area contributed by atoms with E-state index in [1.165, 1.54) is 12.1 Å². The van der Waals surface area contributed by atoms with Crippen LogP contribution in [0.25, 0.3) is 0 Å².